The summed E-state index contributed by atoms with van der Waals surface area (Å²) < 4.78 is 91.7. The van der Waals surface area contributed by atoms with E-state index in [0.29, 0.717) is 19.3 Å². The minimum Gasteiger partial charge on any atom is -0.493 e. The van der Waals surface area contributed by atoms with Crippen LogP contribution in [0.15, 0.2) is 36.4 Å². The third-order valence-electron chi connectivity index (χ3n) is 5.60. The zero-order valence-electron chi connectivity index (χ0n) is 19.2. The highest BCUT2D eigenvalue weighted by atomic mass is 19.3. The van der Waals surface area contributed by atoms with Gasteiger partial charge in [0, 0.05) is 12.5 Å². The standard InChI is InChI=1S/C25H29F5O4/c1-3-5-14-32-21-13-8-17(15-33-21)16-6-9-18(10-7-16)34-25(29,30)19-11-12-20(31-4-2)22(23(19)26)24(27)28/h6-7,9-12,17,21,24H,3-5,8,13-15H2,1-2H3. The van der Waals surface area contributed by atoms with Crippen molar-refractivity contribution in [3.8, 4) is 11.5 Å². The van der Waals surface area contributed by atoms with Gasteiger partial charge in [-0.3, -0.25) is 0 Å². The lowest BCUT2D eigenvalue weighted by atomic mass is 9.93. The maximum absolute atomic E-state index is 14.7. The molecule has 1 fully saturated rings. The van der Waals surface area contributed by atoms with E-state index in [1.807, 2.05) is 0 Å². The molecule has 1 heterocycles. The molecule has 0 bridgehead atoms. The van der Waals surface area contributed by atoms with Crippen LogP contribution in [0, 0.1) is 5.82 Å². The third-order valence-corrected chi connectivity index (χ3v) is 5.60. The summed E-state index contributed by atoms with van der Waals surface area (Å²) in [7, 11) is 0. The SMILES string of the molecule is CCCCOC1CCC(c2ccc(OC(F)(F)c3ccc(OCC)c(C(F)F)c3F)cc2)CO1. The summed E-state index contributed by atoms with van der Waals surface area (Å²) in [6.07, 6.45) is -4.16. The van der Waals surface area contributed by atoms with Crippen LogP contribution in [0.4, 0.5) is 22.0 Å². The smallest absolute Gasteiger partial charge is 0.429 e. The second-order valence-corrected chi connectivity index (χ2v) is 8.02. The molecule has 1 saturated heterocycles. The summed E-state index contributed by atoms with van der Waals surface area (Å²) in [5, 5.41) is 0. The topological polar surface area (TPSA) is 36.9 Å². The maximum Gasteiger partial charge on any atom is 0.429 e. The fourth-order valence-electron chi connectivity index (χ4n) is 3.78. The monoisotopic (exact) mass is 488 g/mol. The minimum atomic E-state index is -4.17. The van der Waals surface area contributed by atoms with Gasteiger partial charge in [0.1, 0.15) is 22.9 Å². The van der Waals surface area contributed by atoms with Crippen LogP contribution in [0.5, 0.6) is 11.5 Å². The van der Waals surface area contributed by atoms with Gasteiger partial charge in [-0.2, -0.15) is 8.78 Å². The van der Waals surface area contributed by atoms with Crippen LogP contribution in [-0.2, 0) is 15.6 Å². The van der Waals surface area contributed by atoms with Gasteiger partial charge >= 0.3 is 6.11 Å². The number of hydrogen-bond donors (Lipinski definition) is 0. The molecule has 0 N–H and O–H groups in total. The van der Waals surface area contributed by atoms with Gasteiger partial charge in [-0.15, -0.1) is 0 Å². The van der Waals surface area contributed by atoms with Gasteiger partial charge in [-0.25, -0.2) is 13.2 Å². The second-order valence-electron chi connectivity index (χ2n) is 8.02. The number of hydrogen-bond acceptors (Lipinski definition) is 4. The molecule has 188 valence electrons. The van der Waals surface area contributed by atoms with E-state index in [4.69, 9.17) is 18.9 Å². The Kier molecular flexibility index (Phi) is 9.13. The molecule has 34 heavy (non-hydrogen) atoms. The molecule has 0 radical (unpaired) electrons. The number of halogens is 5. The minimum absolute atomic E-state index is 0.0175. The number of benzene rings is 2. The number of alkyl halides is 4. The Balaban J connectivity index is 1.66. The Labute approximate surface area is 196 Å². The summed E-state index contributed by atoms with van der Waals surface area (Å²) in [6.45, 7) is 4.68. The van der Waals surface area contributed by atoms with E-state index in [-0.39, 0.29) is 24.6 Å². The molecule has 0 spiro atoms. The van der Waals surface area contributed by atoms with Gasteiger partial charge in [0.25, 0.3) is 6.43 Å². The van der Waals surface area contributed by atoms with Crippen LogP contribution in [0.1, 0.15) is 68.6 Å². The van der Waals surface area contributed by atoms with Gasteiger partial charge in [0.2, 0.25) is 0 Å². The molecule has 2 atom stereocenters. The van der Waals surface area contributed by atoms with Crippen LogP contribution in [0.25, 0.3) is 0 Å². The van der Waals surface area contributed by atoms with Crippen LogP contribution in [0.3, 0.4) is 0 Å². The highest BCUT2D eigenvalue weighted by molar-refractivity contribution is 5.41. The molecule has 3 rings (SSSR count). The first-order valence-electron chi connectivity index (χ1n) is 11.4. The van der Waals surface area contributed by atoms with E-state index in [1.54, 1.807) is 12.1 Å². The Morgan fingerprint density at radius 2 is 1.79 bits per heavy atom. The van der Waals surface area contributed by atoms with Crippen molar-refractivity contribution in [3.05, 3.63) is 58.9 Å². The van der Waals surface area contributed by atoms with E-state index in [2.05, 4.69) is 6.92 Å². The maximum atomic E-state index is 14.7. The molecule has 2 unspecified atom stereocenters. The molecule has 0 aromatic heterocycles. The quantitative estimate of drug-likeness (QED) is 0.245. The molecule has 2 aromatic carbocycles. The zero-order valence-corrected chi connectivity index (χ0v) is 19.2. The first-order valence-corrected chi connectivity index (χ1v) is 11.4. The first kappa shape index (κ1) is 26.2. The van der Waals surface area contributed by atoms with Crippen LogP contribution >= 0.6 is 0 Å². The van der Waals surface area contributed by atoms with E-state index >= 15 is 0 Å². The van der Waals surface area contributed by atoms with Crippen LogP contribution in [0.2, 0.25) is 0 Å². The highest BCUT2D eigenvalue weighted by Crippen LogP contribution is 2.40. The Morgan fingerprint density at radius 1 is 1.06 bits per heavy atom. The highest BCUT2D eigenvalue weighted by Gasteiger charge is 2.40. The zero-order chi connectivity index (χ0) is 24.7. The van der Waals surface area contributed by atoms with Crippen molar-refractivity contribution in [1.29, 1.82) is 0 Å². The Bertz CT molecular complexity index is 912. The fourth-order valence-corrected chi connectivity index (χ4v) is 3.78. The van der Waals surface area contributed by atoms with Gasteiger partial charge in [0.05, 0.1) is 18.8 Å². The normalized spacial score (nSPS) is 18.8. The lowest BCUT2D eigenvalue weighted by molar-refractivity contribution is -0.187. The molecular formula is C25H29F5O4. The fraction of sp³-hybridized carbons (Fsp3) is 0.520. The molecule has 0 saturated carbocycles. The van der Waals surface area contributed by atoms with E-state index in [9.17, 15) is 22.0 Å². The Hall–Kier alpha value is -2.39. The van der Waals surface area contributed by atoms with Gasteiger partial charge in [-0.1, -0.05) is 25.5 Å². The average Bonchev–Trinajstić information content (AvgIpc) is 2.80. The predicted molar refractivity (Wildman–Crippen MR) is 116 cm³/mol. The van der Waals surface area contributed by atoms with Crippen molar-refractivity contribution in [2.24, 2.45) is 0 Å². The first-order chi connectivity index (χ1) is 16.3. The summed E-state index contributed by atoms with van der Waals surface area (Å²) in [4.78, 5) is 0. The second kappa shape index (κ2) is 11.8. The summed E-state index contributed by atoms with van der Waals surface area (Å²) in [5.41, 5.74) is -1.62. The predicted octanol–water partition coefficient (Wildman–Crippen LogP) is 7.33. The average molecular weight is 488 g/mol. The van der Waals surface area contributed by atoms with E-state index in [0.717, 1.165) is 37.3 Å². The van der Waals surface area contributed by atoms with Gasteiger partial charge in [-0.05, 0) is 56.0 Å². The van der Waals surface area contributed by atoms with Crippen molar-refractivity contribution < 1.29 is 40.9 Å². The number of rotatable bonds is 11. The van der Waals surface area contributed by atoms with Crippen molar-refractivity contribution in [3.63, 3.8) is 0 Å². The number of unbranched alkanes of at least 4 members (excludes halogenated alkanes) is 1. The summed E-state index contributed by atoms with van der Waals surface area (Å²) in [5.74, 6) is -2.37. The molecule has 0 amide bonds. The van der Waals surface area contributed by atoms with Crippen molar-refractivity contribution in [2.45, 2.75) is 64.3 Å². The number of ether oxygens (including phenoxy) is 4. The molecular weight excluding hydrogens is 459 g/mol. The summed E-state index contributed by atoms with van der Waals surface area (Å²) >= 11 is 0. The van der Waals surface area contributed by atoms with E-state index in [1.165, 1.54) is 19.1 Å². The van der Waals surface area contributed by atoms with Crippen molar-refractivity contribution in [1.82, 2.24) is 0 Å². The molecule has 1 aliphatic heterocycles. The van der Waals surface area contributed by atoms with Gasteiger partial charge in [0.15, 0.2) is 6.29 Å². The Morgan fingerprint density at radius 3 is 2.38 bits per heavy atom. The van der Waals surface area contributed by atoms with Crippen molar-refractivity contribution >= 4 is 0 Å². The summed E-state index contributed by atoms with van der Waals surface area (Å²) in [6, 6.07) is 7.54. The lowest BCUT2D eigenvalue weighted by Crippen LogP contribution is -2.27. The third kappa shape index (κ3) is 6.39. The van der Waals surface area contributed by atoms with Crippen LogP contribution in [-0.4, -0.2) is 26.1 Å². The van der Waals surface area contributed by atoms with Crippen LogP contribution < -0.4 is 9.47 Å². The molecule has 0 aliphatic carbocycles. The molecule has 4 nitrogen and oxygen atoms in total. The van der Waals surface area contributed by atoms with E-state index < -0.39 is 35.2 Å². The molecule has 1 aliphatic rings. The lowest BCUT2D eigenvalue weighted by Gasteiger charge is -2.29. The molecule has 9 heteroatoms. The van der Waals surface area contributed by atoms with Crippen molar-refractivity contribution in [2.75, 3.05) is 19.8 Å². The largest absolute Gasteiger partial charge is 0.493 e. The van der Waals surface area contributed by atoms with Gasteiger partial charge < -0.3 is 18.9 Å². The molecule has 2 aromatic rings.